The Kier molecular flexibility index (Phi) is 6.25. The van der Waals surface area contributed by atoms with Crippen LogP contribution in [0.25, 0.3) is 0 Å². The van der Waals surface area contributed by atoms with E-state index in [0.717, 1.165) is 45.2 Å². The van der Waals surface area contributed by atoms with Gasteiger partial charge in [-0.05, 0) is 37.8 Å². The predicted octanol–water partition coefficient (Wildman–Crippen LogP) is 3.93. The zero-order valence-electron chi connectivity index (χ0n) is 13.3. The number of benzene rings is 1. The van der Waals surface area contributed by atoms with Crippen molar-refractivity contribution in [2.24, 2.45) is 0 Å². The van der Waals surface area contributed by atoms with Crippen LogP contribution in [0.4, 0.5) is 15.3 Å². The molecule has 1 aromatic rings. The standard InChI is InChI=1S/C17H25N3O2/c1-2-3-14-20(17(22)19-12-8-5-9-13-19)16(21)18-15-10-6-4-7-11-15/h4,6-7,10-11H,2-3,5,8-9,12-14H2,1H3,(H,18,21). The fraction of sp³-hybridized carbons (Fsp3) is 0.529. The average molecular weight is 303 g/mol. The second-order valence-electron chi connectivity index (χ2n) is 5.63. The Labute approximate surface area is 132 Å². The Bertz CT molecular complexity index is 484. The van der Waals surface area contributed by atoms with E-state index >= 15 is 0 Å². The minimum Gasteiger partial charge on any atom is -0.324 e. The highest BCUT2D eigenvalue weighted by Crippen LogP contribution is 2.14. The van der Waals surface area contributed by atoms with Gasteiger partial charge in [0.05, 0.1) is 0 Å². The summed E-state index contributed by atoms with van der Waals surface area (Å²) >= 11 is 0. The molecule has 1 aromatic carbocycles. The number of para-hydroxylation sites is 1. The molecule has 1 N–H and O–H groups in total. The van der Waals surface area contributed by atoms with Crippen molar-refractivity contribution in [2.45, 2.75) is 39.0 Å². The third kappa shape index (κ3) is 4.48. The average Bonchev–Trinajstić information content (AvgIpc) is 2.56. The molecule has 0 spiro atoms. The molecular weight excluding hydrogens is 278 g/mol. The normalized spacial score (nSPS) is 14.5. The Morgan fingerprint density at radius 3 is 2.45 bits per heavy atom. The fourth-order valence-electron chi connectivity index (χ4n) is 2.57. The number of hydrogen-bond donors (Lipinski definition) is 1. The van der Waals surface area contributed by atoms with Crippen LogP contribution < -0.4 is 5.32 Å². The molecule has 4 amide bonds. The first kappa shape index (κ1) is 16.3. The number of imide groups is 1. The summed E-state index contributed by atoms with van der Waals surface area (Å²) in [6.07, 6.45) is 4.97. The molecule has 0 atom stereocenters. The van der Waals surface area contributed by atoms with Gasteiger partial charge in [-0.3, -0.25) is 0 Å². The quantitative estimate of drug-likeness (QED) is 0.916. The SMILES string of the molecule is CCCCN(C(=O)Nc1ccccc1)C(=O)N1CCCCC1. The van der Waals surface area contributed by atoms with E-state index in [-0.39, 0.29) is 12.1 Å². The predicted molar refractivity (Wildman–Crippen MR) is 87.9 cm³/mol. The number of carbonyl (C=O) groups excluding carboxylic acids is 2. The number of likely N-dealkylation sites (tertiary alicyclic amines) is 1. The lowest BCUT2D eigenvalue weighted by atomic mass is 10.1. The van der Waals surface area contributed by atoms with Gasteiger partial charge < -0.3 is 10.2 Å². The molecule has 5 nitrogen and oxygen atoms in total. The molecule has 22 heavy (non-hydrogen) atoms. The molecule has 120 valence electrons. The van der Waals surface area contributed by atoms with E-state index in [1.54, 1.807) is 4.90 Å². The lowest BCUT2D eigenvalue weighted by Crippen LogP contribution is -2.49. The van der Waals surface area contributed by atoms with Gasteiger partial charge in [0.25, 0.3) is 0 Å². The van der Waals surface area contributed by atoms with Crippen LogP contribution in [0, 0.1) is 0 Å². The highest BCUT2D eigenvalue weighted by Gasteiger charge is 2.27. The van der Waals surface area contributed by atoms with Gasteiger partial charge in [0.15, 0.2) is 0 Å². The Morgan fingerprint density at radius 2 is 1.82 bits per heavy atom. The fourth-order valence-corrected chi connectivity index (χ4v) is 2.57. The molecule has 0 bridgehead atoms. The van der Waals surface area contributed by atoms with Crippen LogP contribution in [-0.4, -0.2) is 41.5 Å². The number of nitrogens with zero attached hydrogens (tertiary/aromatic N) is 2. The van der Waals surface area contributed by atoms with Crippen LogP contribution in [-0.2, 0) is 0 Å². The maximum atomic E-state index is 12.6. The number of nitrogens with one attached hydrogen (secondary N) is 1. The van der Waals surface area contributed by atoms with Gasteiger partial charge in [-0.1, -0.05) is 31.5 Å². The van der Waals surface area contributed by atoms with Crippen molar-refractivity contribution in [2.75, 3.05) is 25.0 Å². The number of piperidine rings is 1. The Morgan fingerprint density at radius 1 is 1.14 bits per heavy atom. The van der Waals surface area contributed by atoms with Crippen molar-refractivity contribution in [1.29, 1.82) is 0 Å². The van der Waals surface area contributed by atoms with Gasteiger partial charge in [0.2, 0.25) is 0 Å². The zero-order chi connectivity index (χ0) is 15.8. The van der Waals surface area contributed by atoms with Gasteiger partial charge in [0.1, 0.15) is 0 Å². The minimum atomic E-state index is -0.338. The summed E-state index contributed by atoms with van der Waals surface area (Å²) in [5, 5.41) is 2.81. The van der Waals surface area contributed by atoms with Crippen LogP contribution in [0.15, 0.2) is 30.3 Å². The summed E-state index contributed by atoms with van der Waals surface area (Å²) in [5.41, 5.74) is 0.709. The van der Waals surface area contributed by atoms with Gasteiger partial charge in [-0.25, -0.2) is 14.5 Å². The highest BCUT2D eigenvalue weighted by molar-refractivity contribution is 6.00. The molecule has 0 saturated carbocycles. The van der Waals surface area contributed by atoms with Gasteiger partial charge >= 0.3 is 12.1 Å². The second-order valence-corrected chi connectivity index (χ2v) is 5.63. The van der Waals surface area contributed by atoms with Crippen molar-refractivity contribution in [3.8, 4) is 0 Å². The van der Waals surface area contributed by atoms with Crippen molar-refractivity contribution in [3.63, 3.8) is 0 Å². The molecule has 1 fully saturated rings. The van der Waals surface area contributed by atoms with Gasteiger partial charge in [0, 0.05) is 25.3 Å². The first-order chi connectivity index (χ1) is 10.7. The number of amides is 4. The summed E-state index contributed by atoms with van der Waals surface area (Å²) in [5.74, 6) is 0. The highest BCUT2D eigenvalue weighted by atomic mass is 16.2. The van der Waals surface area contributed by atoms with Gasteiger partial charge in [-0.15, -0.1) is 0 Å². The largest absolute Gasteiger partial charge is 0.329 e. The van der Waals surface area contributed by atoms with E-state index in [9.17, 15) is 9.59 Å². The van der Waals surface area contributed by atoms with E-state index in [0.29, 0.717) is 12.2 Å². The first-order valence-electron chi connectivity index (χ1n) is 8.15. The Balaban J connectivity index is 2.03. The molecule has 1 aliphatic heterocycles. The lowest BCUT2D eigenvalue weighted by Gasteiger charge is -2.32. The van der Waals surface area contributed by atoms with Crippen molar-refractivity contribution >= 4 is 17.7 Å². The molecule has 0 radical (unpaired) electrons. The summed E-state index contributed by atoms with van der Waals surface area (Å²) in [7, 11) is 0. The monoisotopic (exact) mass is 303 g/mol. The maximum absolute atomic E-state index is 12.6. The molecule has 0 unspecified atom stereocenters. The van der Waals surface area contributed by atoms with Crippen molar-refractivity contribution in [1.82, 2.24) is 9.80 Å². The topological polar surface area (TPSA) is 52.7 Å². The molecule has 0 aliphatic carbocycles. The third-order valence-corrected chi connectivity index (χ3v) is 3.86. The molecule has 1 heterocycles. The van der Waals surface area contributed by atoms with E-state index in [1.807, 2.05) is 30.3 Å². The van der Waals surface area contributed by atoms with Crippen molar-refractivity contribution in [3.05, 3.63) is 30.3 Å². The van der Waals surface area contributed by atoms with Crippen LogP contribution in [0.3, 0.4) is 0 Å². The molecule has 5 heteroatoms. The number of carbonyl (C=O) groups is 2. The number of anilines is 1. The van der Waals surface area contributed by atoms with E-state index in [2.05, 4.69) is 12.2 Å². The number of hydrogen-bond acceptors (Lipinski definition) is 2. The lowest BCUT2D eigenvalue weighted by molar-refractivity contribution is 0.149. The van der Waals surface area contributed by atoms with E-state index < -0.39 is 0 Å². The number of rotatable bonds is 4. The third-order valence-electron chi connectivity index (χ3n) is 3.86. The Hall–Kier alpha value is -2.04. The molecule has 1 saturated heterocycles. The van der Waals surface area contributed by atoms with Crippen LogP contribution >= 0.6 is 0 Å². The summed E-state index contributed by atoms with van der Waals surface area (Å²) in [6.45, 7) is 4.02. The maximum Gasteiger partial charge on any atom is 0.329 e. The smallest absolute Gasteiger partial charge is 0.324 e. The molecular formula is C17H25N3O2. The summed E-state index contributed by atoms with van der Waals surface area (Å²) < 4.78 is 0. The second kappa shape index (κ2) is 8.41. The van der Waals surface area contributed by atoms with Gasteiger partial charge in [-0.2, -0.15) is 0 Å². The molecule has 1 aliphatic rings. The van der Waals surface area contributed by atoms with Crippen LogP contribution in [0.5, 0.6) is 0 Å². The number of unbranched alkanes of at least 4 members (excludes halogenated alkanes) is 1. The van der Waals surface area contributed by atoms with Crippen LogP contribution in [0.2, 0.25) is 0 Å². The zero-order valence-corrected chi connectivity index (χ0v) is 13.3. The van der Waals surface area contributed by atoms with Crippen molar-refractivity contribution < 1.29 is 9.59 Å². The first-order valence-corrected chi connectivity index (χ1v) is 8.15. The molecule has 0 aromatic heterocycles. The van der Waals surface area contributed by atoms with E-state index in [4.69, 9.17) is 0 Å². The summed E-state index contributed by atoms with van der Waals surface area (Å²) in [4.78, 5) is 28.2. The van der Waals surface area contributed by atoms with E-state index in [1.165, 1.54) is 4.90 Å². The minimum absolute atomic E-state index is 0.165. The molecule has 2 rings (SSSR count). The van der Waals surface area contributed by atoms with Crippen LogP contribution in [0.1, 0.15) is 39.0 Å². The summed E-state index contributed by atoms with van der Waals surface area (Å²) in [6, 6.07) is 8.75. The number of urea groups is 2.